The maximum Gasteiger partial charge on any atom is 0.191 e. The summed E-state index contributed by atoms with van der Waals surface area (Å²) in [5.74, 6) is 1.39. The first-order valence-corrected chi connectivity index (χ1v) is 8.87. The molecule has 152 valence electrons. The molecule has 2 heterocycles. The number of rotatable bonds is 6. The Morgan fingerprint density at radius 2 is 2.07 bits per heavy atom. The number of hydrogen-bond donors (Lipinski definition) is 3. The highest BCUT2D eigenvalue weighted by molar-refractivity contribution is 14.0. The third-order valence-electron chi connectivity index (χ3n) is 4.37. The lowest BCUT2D eigenvalue weighted by molar-refractivity contribution is 0.0386. The molecule has 0 radical (unpaired) electrons. The third-order valence-corrected chi connectivity index (χ3v) is 4.37. The van der Waals surface area contributed by atoms with Crippen molar-refractivity contribution in [1.82, 2.24) is 10.6 Å². The second-order valence-corrected chi connectivity index (χ2v) is 6.59. The molecule has 3 aromatic rings. The number of benzene rings is 1. The van der Waals surface area contributed by atoms with Gasteiger partial charge < -0.3 is 24.6 Å². The maximum absolute atomic E-state index is 13.4. The number of furan rings is 2. The number of aliphatic hydroxyl groups is 1. The summed E-state index contributed by atoms with van der Waals surface area (Å²) in [5, 5.41) is 17.5. The van der Waals surface area contributed by atoms with Crippen molar-refractivity contribution in [3.8, 4) is 0 Å². The first kappa shape index (κ1) is 22.2. The van der Waals surface area contributed by atoms with Gasteiger partial charge in [0.05, 0.1) is 12.8 Å². The van der Waals surface area contributed by atoms with Crippen LogP contribution in [0.25, 0.3) is 11.0 Å². The Balaban J connectivity index is 0.00000280. The van der Waals surface area contributed by atoms with Gasteiger partial charge in [0.15, 0.2) is 5.96 Å². The smallest absolute Gasteiger partial charge is 0.191 e. The normalized spacial score (nSPS) is 13.8. The molecule has 0 aliphatic carbocycles. The molecule has 28 heavy (non-hydrogen) atoms. The van der Waals surface area contributed by atoms with Crippen LogP contribution < -0.4 is 10.6 Å². The van der Waals surface area contributed by atoms with Gasteiger partial charge in [0.2, 0.25) is 0 Å². The lowest BCUT2D eigenvalue weighted by Gasteiger charge is -2.22. The maximum atomic E-state index is 13.4. The number of nitrogens with zero attached hydrogens (tertiary/aromatic N) is 1. The average molecular weight is 501 g/mol. The van der Waals surface area contributed by atoms with Crippen LogP contribution in [0.15, 0.2) is 50.4 Å². The van der Waals surface area contributed by atoms with Crippen molar-refractivity contribution in [2.45, 2.75) is 32.9 Å². The van der Waals surface area contributed by atoms with E-state index in [0.29, 0.717) is 36.2 Å². The predicted molar refractivity (Wildman–Crippen MR) is 117 cm³/mol. The minimum atomic E-state index is -1.17. The van der Waals surface area contributed by atoms with Crippen molar-refractivity contribution in [3.05, 3.63) is 59.5 Å². The zero-order valence-corrected chi connectivity index (χ0v) is 18.4. The summed E-state index contributed by atoms with van der Waals surface area (Å²) in [5.41, 5.74) is 0.330. The largest absolute Gasteiger partial charge is 0.466 e. The van der Waals surface area contributed by atoms with E-state index in [-0.39, 0.29) is 36.3 Å². The van der Waals surface area contributed by atoms with Gasteiger partial charge in [0, 0.05) is 17.5 Å². The van der Waals surface area contributed by atoms with Gasteiger partial charge >= 0.3 is 0 Å². The monoisotopic (exact) mass is 501 g/mol. The molecule has 3 N–H and O–H groups in total. The number of hydrogen-bond acceptors (Lipinski definition) is 4. The molecule has 0 aliphatic heterocycles. The minimum absolute atomic E-state index is 0. The highest BCUT2D eigenvalue weighted by Gasteiger charge is 2.26. The van der Waals surface area contributed by atoms with E-state index in [9.17, 15) is 9.50 Å². The first-order valence-electron chi connectivity index (χ1n) is 8.87. The van der Waals surface area contributed by atoms with E-state index in [2.05, 4.69) is 15.6 Å². The van der Waals surface area contributed by atoms with Gasteiger partial charge in [-0.05, 0) is 51.1 Å². The van der Waals surface area contributed by atoms with Crippen LogP contribution in [-0.4, -0.2) is 24.2 Å². The number of guanidine groups is 1. The minimum Gasteiger partial charge on any atom is -0.466 e. The highest BCUT2D eigenvalue weighted by Crippen LogP contribution is 2.26. The summed E-state index contributed by atoms with van der Waals surface area (Å²) in [6, 6.07) is 7.92. The molecule has 2 aromatic heterocycles. The van der Waals surface area contributed by atoms with Crippen molar-refractivity contribution < 1.29 is 18.3 Å². The first-order chi connectivity index (χ1) is 12.9. The Kier molecular flexibility index (Phi) is 7.48. The predicted octanol–water partition coefficient (Wildman–Crippen LogP) is 4.05. The van der Waals surface area contributed by atoms with E-state index in [0.717, 1.165) is 10.9 Å². The molecular formula is C20H25FIN3O3. The molecule has 0 bridgehead atoms. The van der Waals surface area contributed by atoms with Crippen LogP contribution in [-0.2, 0) is 12.1 Å². The summed E-state index contributed by atoms with van der Waals surface area (Å²) >= 11 is 0. The topological polar surface area (TPSA) is 82.9 Å². The Bertz CT molecular complexity index is 936. The van der Waals surface area contributed by atoms with E-state index in [1.807, 2.05) is 13.8 Å². The van der Waals surface area contributed by atoms with E-state index < -0.39 is 5.60 Å². The molecule has 0 amide bonds. The summed E-state index contributed by atoms with van der Waals surface area (Å²) in [6.07, 6.45) is 1.52. The molecule has 0 saturated heterocycles. The number of halogens is 2. The molecule has 0 fully saturated rings. The van der Waals surface area contributed by atoms with Gasteiger partial charge in [-0.2, -0.15) is 0 Å². The average Bonchev–Trinajstić information content (AvgIpc) is 3.27. The number of aliphatic imine (C=N–C) groups is 1. The number of aryl methyl sites for hydroxylation is 1. The molecule has 0 aliphatic rings. The van der Waals surface area contributed by atoms with Crippen LogP contribution >= 0.6 is 24.0 Å². The number of nitrogens with one attached hydrogen (secondary N) is 2. The summed E-state index contributed by atoms with van der Waals surface area (Å²) in [6.45, 7) is 6.69. The van der Waals surface area contributed by atoms with Gasteiger partial charge in [-0.15, -0.1) is 24.0 Å². The van der Waals surface area contributed by atoms with E-state index in [4.69, 9.17) is 8.83 Å². The van der Waals surface area contributed by atoms with E-state index in [1.165, 1.54) is 18.4 Å². The fourth-order valence-electron chi connectivity index (χ4n) is 2.82. The SMILES string of the molecule is CCNC(=NCc1oc2ccc(F)cc2c1C)NCC(C)(O)c1ccco1.I. The Morgan fingerprint density at radius 3 is 2.75 bits per heavy atom. The molecule has 0 saturated carbocycles. The van der Waals surface area contributed by atoms with Crippen molar-refractivity contribution in [2.24, 2.45) is 4.99 Å². The summed E-state index contributed by atoms with van der Waals surface area (Å²) in [4.78, 5) is 4.51. The van der Waals surface area contributed by atoms with Crippen LogP contribution in [0.2, 0.25) is 0 Å². The fraction of sp³-hybridized carbons (Fsp3) is 0.350. The van der Waals surface area contributed by atoms with Crippen LogP contribution in [0.4, 0.5) is 4.39 Å². The van der Waals surface area contributed by atoms with E-state index in [1.54, 1.807) is 25.1 Å². The summed E-state index contributed by atoms with van der Waals surface area (Å²) < 4.78 is 24.5. The van der Waals surface area contributed by atoms with Gasteiger partial charge in [-0.1, -0.05) is 0 Å². The quantitative estimate of drug-likeness (QED) is 0.270. The summed E-state index contributed by atoms with van der Waals surface area (Å²) in [7, 11) is 0. The third kappa shape index (κ3) is 5.05. The van der Waals surface area contributed by atoms with Gasteiger partial charge in [0.1, 0.15) is 35.1 Å². The zero-order valence-electron chi connectivity index (χ0n) is 16.1. The van der Waals surface area contributed by atoms with Crippen molar-refractivity contribution in [2.75, 3.05) is 13.1 Å². The molecule has 3 rings (SSSR count). The fourth-order valence-corrected chi connectivity index (χ4v) is 2.82. The molecule has 0 spiro atoms. The van der Waals surface area contributed by atoms with Crippen molar-refractivity contribution >= 4 is 40.9 Å². The lowest BCUT2D eigenvalue weighted by atomic mass is 10.0. The molecule has 1 aromatic carbocycles. The molecule has 1 unspecified atom stereocenters. The van der Waals surface area contributed by atoms with Gasteiger partial charge in [-0.3, -0.25) is 0 Å². The Hall–Kier alpha value is -2.07. The molecule has 8 heteroatoms. The van der Waals surface area contributed by atoms with Crippen LogP contribution in [0.1, 0.15) is 30.9 Å². The van der Waals surface area contributed by atoms with Crippen LogP contribution in [0.5, 0.6) is 0 Å². The van der Waals surface area contributed by atoms with Crippen LogP contribution in [0.3, 0.4) is 0 Å². The van der Waals surface area contributed by atoms with Crippen molar-refractivity contribution in [3.63, 3.8) is 0 Å². The standard InChI is InChI=1S/C20H24FN3O3.HI/c1-4-22-19(24-12-20(3,25)18-6-5-9-26-18)23-11-17-13(2)15-10-14(21)7-8-16(15)27-17;/h5-10,25H,4,11-12H2,1-3H3,(H2,22,23,24);1H. The Morgan fingerprint density at radius 1 is 1.29 bits per heavy atom. The molecule has 6 nitrogen and oxygen atoms in total. The Labute approximate surface area is 180 Å². The zero-order chi connectivity index (χ0) is 19.4. The van der Waals surface area contributed by atoms with Gasteiger partial charge in [0.25, 0.3) is 0 Å². The number of fused-ring (bicyclic) bond motifs is 1. The molecular weight excluding hydrogens is 476 g/mol. The van der Waals surface area contributed by atoms with Crippen molar-refractivity contribution in [1.29, 1.82) is 0 Å². The second-order valence-electron chi connectivity index (χ2n) is 6.59. The highest BCUT2D eigenvalue weighted by atomic mass is 127. The van der Waals surface area contributed by atoms with Gasteiger partial charge in [-0.25, -0.2) is 9.38 Å². The second kappa shape index (κ2) is 9.42. The van der Waals surface area contributed by atoms with Crippen LogP contribution in [0, 0.1) is 12.7 Å². The molecule has 1 atom stereocenters. The van der Waals surface area contributed by atoms with E-state index >= 15 is 0 Å². The lowest BCUT2D eigenvalue weighted by Crippen LogP contribution is -2.44.